The average molecular weight is 128 g/mol. The first-order valence-corrected chi connectivity index (χ1v) is 3.29. The van der Waals surface area contributed by atoms with Gasteiger partial charge in [-0.1, -0.05) is 6.42 Å². The molecule has 0 rings (SSSR count). The molecule has 0 amide bonds. The van der Waals surface area contributed by atoms with Gasteiger partial charge in [0.2, 0.25) is 0 Å². The molecule has 0 bridgehead atoms. The van der Waals surface area contributed by atoms with Crippen LogP contribution in [0, 0.1) is 0 Å². The summed E-state index contributed by atoms with van der Waals surface area (Å²) >= 11 is 0. The lowest BCUT2D eigenvalue weighted by Gasteiger charge is -1.89. The number of hydrogen-bond acceptors (Lipinski definition) is 2. The number of unbranched alkanes of at least 4 members (excludes halogenated alkanes) is 4. The fourth-order valence-electron chi connectivity index (χ4n) is 0.632. The van der Waals surface area contributed by atoms with E-state index in [1.165, 1.54) is 0 Å². The minimum atomic E-state index is 0.638. The van der Waals surface area contributed by atoms with Crippen LogP contribution in [-0.4, -0.2) is 12.6 Å². The van der Waals surface area contributed by atoms with Gasteiger partial charge in [-0.25, -0.2) is 0 Å². The van der Waals surface area contributed by atoms with Gasteiger partial charge in [0.15, 0.2) is 0 Å². The second kappa shape index (κ2) is 7.34. The molecule has 2 heteroatoms. The summed E-state index contributed by atoms with van der Waals surface area (Å²) < 4.78 is 0. The number of carbonyl (C=O) groups excluding carboxylic acids is 2. The van der Waals surface area contributed by atoms with Crippen LogP contribution in [0.25, 0.3) is 0 Å². The summed E-state index contributed by atoms with van der Waals surface area (Å²) in [4.78, 5) is 19.5. The second-order valence-electron chi connectivity index (χ2n) is 1.97. The highest BCUT2D eigenvalue weighted by Gasteiger charge is 1.86. The normalized spacial score (nSPS) is 8.89. The summed E-state index contributed by atoms with van der Waals surface area (Å²) in [6, 6.07) is 0. The third-order valence-electron chi connectivity index (χ3n) is 1.14. The number of rotatable bonds is 6. The van der Waals surface area contributed by atoms with Crippen molar-refractivity contribution < 1.29 is 9.59 Å². The topological polar surface area (TPSA) is 34.1 Å². The van der Waals surface area contributed by atoms with Crippen molar-refractivity contribution in [2.75, 3.05) is 0 Å². The van der Waals surface area contributed by atoms with E-state index >= 15 is 0 Å². The Balaban J connectivity index is 2.74. The van der Waals surface area contributed by atoms with Crippen molar-refractivity contribution >= 4 is 12.6 Å². The first-order chi connectivity index (χ1) is 4.41. The minimum Gasteiger partial charge on any atom is -0.303 e. The lowest BCUT2D eigenvalue weighted by atomic mass is 10.2. The molecule has 0 aliphatic carbocycles. The summed E-state index contributed by atoms with van der Waals surface area (Å²) in [5.74, 6) is 0. The molecule has 9 heavy (non-hydrogen) atoms. The number of hydrogen-bond donors (Lipinski definition) is 0. The van der Waals surface area contributed by atoms with Crippen LogP contribution < -0.4 is 0 Å². The van der Waals surface area contributed by atoms with Crippen molar-refractivity contribution in [2.45, 2.75) is 32.1 Å². The van der Waals surface area contributed by atoms with Gasteiger partial charge in [-0.15, -0.1) is 0 Å². The fourth-order valence-corrected chi connectivity index (χ4v) is 0.632. The quantitative estimate of drug-likeness (QED) is 0.399. The summed E-state index contributed by atoms with van der Waals surface area (Å²) in [5.41, 5.74) is 0. The van der Waals surface area contributed by atoms with Crippen molar-refractivity contribution in [3.8, 4) is 0 Å². The van der Waals surface area contributed by atoms with E-state index in [0.29, 0.717) is 12.8 Å². The Hall–Kier alpha value is -0.660. The van der Waals surface area contributed by atoms with Gasteiger partial charge in [-0.2, -0.15) is 0 Å². The first kappa shape index (κ1) is 8.34. The molecule has 0 N–H and O–H groups in total. The predicted molar refractivity (Wildman–Crippen MR) is 35.2 cm³/mol. The van der Waals surface area contributed by atoms with Crippen LogP contribution in [-0.2, 0) is 9.59 Å². The molecule has 0 aromatic carbocycles. The Kier molecular flexibility index (Phi) is 6.80. The second-order valence-corrected chi connectivity index (χ2v) is 1.97. The highest BCUT2D eigenvalue weighted by atomic mass is 16.1. The zero-order chi connectivity index (χ0) is 6.95. The molecular formula is C7H12O2. The zero-order valence-electron chi connectivity index (χ0n) is 5.51. The molecule has 0 saturated heterocycles. The summed E-state index contributed by atoms with van der Waals surface area (Å²) in [5, 5.41) is 0. The fraction of sp³-hybridized carbons (Fsp3) is 0.714. The van der Waals surface area contributed by atoms with E-state index in [9.17, 15) is 9.59 Å². The lowest BCUT2D eigenvalue weighted by molar-refractivity contribution is -0.108. The van der Waals surface area contributed by atoms with Crippen molar-refractivity contribution in [1.82, 2.24) is 0 Å². The van der Waals surface area contributed by atoms with Crippen molar-refractivity contribution in [3.05, 3.63) is 0 Å². The SMILES string of the molecule is O=CCCCCCC=O. The van der Waals surface area contributed by atoms with E-state index in [2.05, 4.69) is 0 Å². The molecule has 52 valence electrons. The molecule has 2 nitrogen and oxygen atoms in total. The van der Waals surface area contributed by atoms with E-state index in [4.69, 9.17) is 0 Å². The van der Waals surface area contributed by atoms with Crippen molar-refractivity contribution in [2.24, 2.45) is 0 Å². The van der Waals surface area contributed by atoms with Gasteiger partial charge in [0.25, 0.3) is 0 Å². The third kappa shape index (κ3) is 7.34. The average Bonchev–Trinajstić information content (AvgIpc) is 1.89. The van der Waals surface area contributed by atoms with Crippen LogP contribution in [0.15, 0.2) is 0 Å². The van der Waals surface area contributed by atoms with Gasteiger partial charge >= 0.3 is 0 Å². The third-order valence-corrected chi connectivity index (χ3v) is 1.14. The Morgan fingerprint density at radius 1 is 0.778 bits per heavy atom. The molecule has 0 heterocycles. The maximum atomic E-state index is 9.77. The molecule has 0 spiro atoms. The highest BCUT2D eigenvalue weighted by molar-refractivity contribution is 5.49. The smallest absolute Gasteiger partial charge is 0.119 e. The molecule has 0 aromatic heterocycles. The molecule has 0 fully saturated rings. The van der Waals surface area contributed by atoms with Gasteiger partial charge in [0.1, 0.15) is 12.6 Å². The van der Waals surface area contributed by atoms with Crippen LogP contribution >= 0.6 is 0 Å². The zero-order valence-corrected chi connectivity index (χ0v) is 5.51. The van der Waals surface area contributed by atoms with Crippen LogP contribution in [0.5, 0.6) is 0 Å². The monoisotopic (exact) mass is 128 g/mol. The number of aldehydes is 2. The maximum Gasteiger partial charge on any atom is 0.119 e. The summed E-state index contributed by atoms with van der Waals surface area (Å²) in [6.07, 6.45) is 5.96. The minimum absolute atomic E-state index is 0.638. The first-order valence-electron chi connectivity index (χ1n) is 3.29. The van der Waals surface area contributed by atoms with Gasteiger partial charge in [0, 0.05) is 12.8 Å². The van der Waals surface area contributed by atoms with E-state index in [1.807, 2.05) is 0 Å². The van der Waals surface area contributed by atoms with E-state index in [0.717, 1.165) is 31.8 Å². The van der Waals surface area contributed by atoms with Crippen molar-refractivity contribution in [3.63, 3.8) is 0 Å². The van der Waals surface area contributed by atoms with Crippen LogP contribution in [0.4, 0.5) is 0 Å². The van der Waals surface area contributed by atoms with Crippen molar-refractivity contribution in [1.29, 1.82) is 0 Å². The predicted octanol–water partition coefficient (Wildman–Crippen LogP) is 1.33. The molecular weight excluding hydrogens is 116 g/mol. The number of carbonyl (C=O) groups is 2. The lowest BCUT2D eigenvalue weighted by Crippen LogP contribution is -1.79. The standard InChI is InChI=1S/C7H12O2/c8-6-4-2-1-3-5-7-9/h6-7H,1-5H2. The van der Waals surface area contributed by atoms with Crippen LogP contribution in [0.3, 0.4) is 0 Å². The van der Waals surface area contributed by atoms with E-state index in [1.54, 1.807) is 0 Å². The molecule has 0 saturated carbocycles. The Labute approximate surface area is 55.3 Å². The van der Waals surface area contributed by atoms with Crippen LogP contribution in [0.2, 0.25) is 0 Å². The molecule has 0 atom stereocenters. The summed E-state index contributed by atoms with van der Waals surface area (Å²) in [6.45, 7) is 0. The van der Waals surface area contributed by atoms with Gasteiger partial charge < -0.3 is 9.59 Å². The Morgan fingerprint density at radius 3 is 1.56 bits per heavy atom. The Bertz CT molecular complexity index is 69.0. The van der Waals surface area contributed by atoms with E-state index in [-0.39, 0.29) is 0 Å². The molecule has 0 radical (unpaired) electrons. The van der Waals surface area contributed by atoms with Crippen LogP contribution in [0.1, 0.15) is 32.1 Å². The maximum absolute atomic E-state index is 9.77. The molecule has 0 aliphatic rings. The van der Waals surface area contributed by atoms with Gasteiger partial charge in [-0.3, -0.25) is 0 Å². The Morgan fingerprint density at radius 2 is 1.22 bits per heavy atom. The largest absolute Gasteiger partial charge is 0.303 e. The highest BCUT2D eigenvalue weighted by Crippen LogP contribution is 1.98. The van der Waals surface area contributed by atoms with Gasteiger partial charge in [0.05, 0.1) is 0 Å². The summed E-state index contributed by atoms with van der Waals surface area (Å²) in [7, 11) is 0. The molecule has 0 unspecified atom stereocenters. The molecule has 0 aliphatic heterocycles. The molecule has 0 aromatic rings. The van der Waals surface area contributed by atoms with E-state index < -0.39 is 0 Å². The van der Waals surface area contributed by atoms with Gasteiger partial charge in [-0.05, 0) is 12.8 Å².